The molecule has 116 valence electrons. The fourth-order valence-electron chi connectivity index (χ4n) is 3.45. The van der Waals surface area contributed by atoms with Crippen LogP contribution in [0.1, 0.15) is 30.5 Å². The third-order valence-corrected chi connectivity index (χ3v) is 4.54. The standard InChI is InChI=1S/C20H26N2/c1-2-13-21-14-16-22(17-15-21)20(18-9-5-3-6-10-18)19-11-7-4-8-12-19/h3-12,20H,2,13-17H2,1H3. The van der Waals surface area contributed by atoms with E-state index in [4.69, 9.17) is 0 Å². The summed E-state index contributed by atoms with van der Waals surface area (Å²) < 4.78 is 0. The Hall–Kier alpha value is -1.64. The van der Waals surface area contributed by atoms with Gasteiger partial charge in [0.2, 0.25) is 0 Å². The number of hydrogen-bond acceptors (Lipinski definition) is 2. The van der Waals surface area contributed by atoms with Crippen LogP contribution in [-0.4, -0.2) is 42.5 Å². The van der Waals surface area contributed by atoms with E-state index >= 15 is 0 Å². The minimum absolute atomic E-state index is 0.381. The molecule has 2 nitrogen and oxygen atoms in total. The lowest BCUT2D eigenvalue weighted by atomic mass is 9.96. The molecule has 0 spiro atoms. The Morgan fingerprint density at radius 1 is 0.773 bits per heavy atom. The van der Waals surface area contributed by atoms with Gasteiger partial charge in [-0.2, -0.15) is 0 Å². The van der Waals surface area contributed by atoms with Crippen molar-refractivity contribution < 1.29 is 0 Å². The van der Waals surface area contributed by atoms with Crippen molar-refractivity contribution >= 4 is 0 Å². The van der Waals surface area contributed by atoms with Crippen LogP contribution in [-0.2, 0) is 0 Å². The van der Waals surface area contributed by atoms with Crippen LogP contribution >= 0.6 is 0 Å². The third-order valence-electron chi connectivity index (χ3n) is 4.54. The largest absolute Gasteiger partial charge is 0.301 e. The van der Waals surface area contributed by atoms with Gasteiger partial charge in [0.25, 0.3) is 0 Å². The van der Waals surface area contributed by atoms with Crippen LogP contribution in [0.5, 0.6) is 0 Å². The Morgan fingerprint density at radius 3 is 1.73 bits per heavy atom. The highest BCUT2D eigenvalue weighted by Gasteiger charge is 2.25. The lowest BCUT2D eigenvalue weighted by Crippen LogP contribution is -2.47. The first-order chi connectivity index (χ1) is 10.9. The van der Waals surface area contributed by atoms with Gasteiger partial charge in [0, 0.05) is 26.2 Å². The maximum Gasteiger partial charge on any atom is 0.0602 e. The number of nitrogens with zero attached hydrogens (tertiary/aromatic N) is 2. The Morgan fingerprint density at radius 2 is 1.27 bits per heavy atom. The van der Waals surface area contributed by atoms with E-state index in [-0.39, 0.29) is 0 Å². The molecule has 0 amide bonds. The van der Waals surface area contributed by atoms with Crippen molar-refractivity contribution in [3.8, 4) is 0 Å². The summed E-state index contributed by atoms with van der Waals surface area (Å²) >= 11 is 0. The molecule has 22 heavy (non-hydrogen) atoms. The van der Waals surface area contributed by atoms with Crippen LogP contribution in [0.25, 0.3) is 0 Å². The molecule has 0 aromatic heterocycles. The molecule has 3 rings (SSSR count). The van der Waals surface area contributed by atoms with Gasteiger partial charge in [-0.15, -0.1) is 0 Å². The maximum absolute atomic E-state index is 2.64. The van der Waals surface area contributed by atoms with E-state index in [1.807, 2.05) is 0 Å². The Balaban J connectivity index is 1.81. The van der Waals surface area contributed by atoms with Gasteiger partial charge in [0.05, 0.1) is 6.04 Å². The first-order valence-electron chi connectivity index (χ1n) is 8.45. The van der Waals surface area contributed by atoms with Crippen LogP contribution in [0.15, 0.2) is 60.7 Å². The average Bonchev–Trinajstić information content (AvgIpc) is 2.59. The number of rotatable bonds is 5. The maximum atomic E-state index is 2.64. The van der Waals surface area contributed by atoms with Crippen molar-refractivity contribution in [2.45, 2.75) is 19.4 Å². The fourth-order valence-corrected chi connectivity index (χ4v) is 3.45. The molecule has 0 N–H and O–H groups in total. The van der Waals surface area contributed by atoms with E-state index in [0.717, 1.165) is 13.1 Å². The van der Waals surface area contributed by atoms with Gasteiger partial charge in [0.15, 0.2) is 0 Å². The van der Waals surface area contributed by atoms with Crippen molar-refractivity contribution in [3.05, 3.63) is 71.8 Å². The summed E-state index contributed by atoms with van der Waals surface area (Å²) in [6.45, 7) is 8.16. The van der Waals surface area contributed by atoms with Gasteiger partial charge in [-0.05, 0) is 24.1 Å². The zero-order valence-corrected chi connectivity index (χ0v) is 13.5. The van der Waals surface area contributed by atoms with Crippen molar-refractivity contribution in [1.82, 2.24) is 9.80 Å². The molecule has 0 atom stereocenters. The smallest absolute Gasteiger partial charge is 0.0602 e. The molecule has 0 aliphatic carbocycles. The SMILES string of the molecule is CCCN1CCN(C(c2ccccc2)c2ccccc2)CC1. The van der Waals surface area contributed by atoms with Crippen molar-refractivity contribution in [3.63, 3.8) is 0 Å². The summed E-state index contributed by atoms with van der Waals surface area (Å²) in [4.78, 5) is 5.22. The molecule has 0 unspecified atom stereocenters. The van der Waals surface area contributed by atoms with Crippen molar-refractivity contribution in [1.29, 1.82) is 0 Å². The predicted molar refractivity (Wildman–Crippen MR) is 93.0 cm³/mol. The zero-order chi connectivity index (χ0) is 15.2. The van der Waals surface area contributed by atoms with E-state index in [9.17, 15) is 0 Å². The normalized spacial score (nSPS) is 17.0. The minimum atomic E-state index is 0.381. The highest BCUT2D eigenvalue weighted by Crippen LogP contribution is 2.29. The molecule has 0 saturated carbocycles. The molecule has 1 heterocycles. The Bertz CT molecular complexity index is 505. The predicted octanol–water partition coefficient (Wildman–Crippen LogP) is 3.80. The van der Waals surface area contributed by atoms with E-state index < -0.39 is 0 Å². The zero-order valence-electron chi connectivity index (χ0n) is 13.5. The molecule has 1 aliphatic heterocycles. The van der Waals surface area contributed by atoms with Crippen LogP contribution in [0.2, 0.25) is 0 Å². The van der Waals surface area contributed by atoms with Gasteiger partial charge in [-0.3, -0.25) is 4.90 Å². The third kappa shape index (κ3) is 3.57. The van der Waals surface area contributed by atoms with Crippen LogP contribution in [0.3, 0.4) is 0 Å². The van der Waals surface area contributed by atoms with Gasteiger partial charge in [-0.1, -0.05) is 67.6 Å². The summed E-state index contributed by atoms with van der Waals surface area (Å²) in [7, 11) is 0. The van der Waals surface area contributed by atoms with Crippen LogP contribution in [0, 0.1) is 0 Å². The number of benzene rings is 2. The summed E-state index contributed by atoms with van der Waals surface area (Å²) in [5, 5.41) is 0. The van der Waals surface area contributed by atoms with Gasteiger partial charge < -0.3 is 4.90 Å². The molecule has 2 heteroatoms. The van der Waals surface area contributed by atoms with Gasteiger partial charge >= 0.3 is 0 Å². The fraction of sp³-hybridized carbons (Fsp3) is 0.400. The summed E-state index contributed by atoms with van der Waals surface area (Å²) in [5.41, 5.74) is 2.80. The lowest BCUT2D eigenvalue weighted by Gasteiger charge is -2.39. The molecule has 1 saturated heterocycles. The van der Waals surface area contributed by atoms with Crippen molar-refractivity contribution in [2.75, 3.05) is 32.7 Å². The van der Waals surface area contributed by atoms with Crippen LogP contribution < -0.4 is 0 Å². The number of piperazine rings is 1. The molecule has 1 fully saturated rings. The van der Waals surface area contributed by atoms with Crippen LogP contribution in [0.4, 0.5) is 0 Å². The molecule has 2 aromatic carbocycles. The molecular formula is C20H26N2. The molecule has 1 aliphatic rings. The Kier molecular flexibility index (Phi) is 5.25. The first kappa shape index (κ1) is 15.3. The molecule has 0 radical (unpaired) electrons. The monoisotopic (exact) mass is 294 g/mol. The van der Waals surface area contributed by atoms with Gasteiger partial charge in [0.1, 0.15) is 0 Å². The Labute approximate surface area is 134 Å². The van der Waals surface area contributed by atoms with Gasteiger partial charge in [-0.25, -0.2) is 0 Å². The number of hydrogen-bond donors (Lipinski definition) is 0. The highest BCUT2D eigenvalue weighted by atomic mass is 15.3. The second-order valence-electron chi connectivity index (χ2n) is 6.10. The van der Waals surface area contributed by atoms with E-state index in [0.29, 0.717) is 6.04 Å². The summed E-state index contributed by atoms with van der Waals surface area (Å²) in [6.07, 6.45) is 1.25. The second-order valence-corrected chi connectivity index (χ2v) is 6.10. The minimum Gasteiger partial charge on any atom is -0.301 e. The lowest BCUT2D eigenvalue weighted by molar-refractivity contribution is 0.109. The molecule has 2 aromatic rings. The highest BCUT2D eigenvalue weighted by molar-refractivity contribution is 5.31. The first-order valence-corrected chi connectivity index (χ1v) is 8.45. The summed E-state index contributed by atoms with van der Waals surface area (Å²) in [5.74, 6) is 0. The van der Waals surface area contributed by atoms with Crippen molar-refractivity contribution in [2.24, 2.45) is 0 Å². The van der Waals surface area contributed by atoms with E-state index in [1.54, 1.807) is 0 Å². The molecule has 0 bridgehead atoms. The van der Waals surface area contributed by atoms with E-state index in [2.05, 4.69) is 77.4 Å². The summed E-state index contributed by atoms with van der Waals surface area (Å²) in [6, 6.07) is 22.2. The average molecular weight is 294 g/mol. The quantitative estimate of drug-likeness (QED) is 0.827. The van der Waals surface area contributed by atoms with E-state index in [1.165, 1.54) is 37.2 Å². The second kappa shape index (κ2) is 7.57. The molecular weight excluding hydrogens is 268 g/mol. The topological polar surface area (TPSA) is 6.48 Å².